The predicted octanol–water partition coefficient (Wildman–Crippen LogP) is 4.28. The SMILES string of the molecule is O=c1oc2ccccc2cc1-c1csc(N=Cc2cc([N+](=O)[O-])ccc2O)n1. The van der Waals surface area contributed by atoms with Gasteiger partial charge in [0, 0.05) is 34.7 Å². The molecule has 1 N–H and O–H groups in total. The number of nitro benzene ring substituents is 1. The number of aromatic nitrogens is 1. The lowest BCUT2D eigenvalue weighted by molar-refractivity contribution is -0.384. The molecule has 2 aromatic heterocycles. The number of hydrogen-bond acceptors (Lipinski definition) is 8. The first-order chi connectivity index (χ1) is 13.5. The summed E-state index contributed by atoms with van der Waals surface area (Å²) in [6.45, 7) is 0. The molecule has 0 saturated carbocycles. The number of aromatic hydroxyl groups is 1. The summed E-state index contributed by atoms with van der Waals surface area (Å²) in [5, 5.41) is 23.5. The molecule has 0 atom stereocenters. The monoisotopic (exact) mass is 393 g/mol. The molecule has 0 aliphatic rings. The van der Waals surface area contributed by atoms with Crippen molar-refractivity contribution in [1.29, 1.82) is 0 Å². The highest BCUT2D eigenvalue weighted by atomic mass is 32.1. The molecular formula is C19H11N3O5S. The predicted molar refractivity (Wildman–Crippen MR) is 106 cm³/mol. The number of thiazole rings is 1. The van der Waals surface area contributed by atoms with Crippen LogP contribution in [0, 0.1) is 10.1 Å². The Kier molecular flexibility index (Phi) is 4.42. The fourth-order valence-corrected chi connectivity index (χ4v) is 3.23. The van der Waals surface area contributed by atoms with Gasteiger partial charge in [0.1, 0.15) is 11.3 Å². The van der Waals surface area contributed by atoms with Crippen LogP contribution >= 0.6 is 11.3 Å². The standard InChI is InChI=1S/C19H11N3O5S/c23-16-6-5-13(22(25)26)7-12(16)9-20-19-21-15(10-28-19)14-8-11-3-1-2-4-17(11)27-18(14)24/h1-10,23H. The van der Waals surface area contributed by atoms with E-state index in [4.69, 9.17) is 4.42 Å². The highest BCUT2D eigenvalue weighted by molar-refractivity contribution is 7.13. The van der Waals surface area contributed by atoms with Crippen LogP contribution in [0.15, 0.2) is 68.1 Å². The van der Waals surface area contributed by atoms with E-state index in [2.05, 4.69) is 9.98 Å². The van der Waals surface area contributed by atoms with Crippen LogP contribution in [-0.4, -0.2) is 21.2 Å². The molecule has 0 aliphatic heterocycles. The quantitative estimate of drug-likeness (QED) is 0.239. The number of benzene rings is 2. The maximum absolute atomic E-state index is 12.2. The Balaban J connectivity index is 1.66. The Morgan fingerprint density at radius 3 is 2.86 bits per heavy atom. The molecule has 0 fully saturated rings. The molecule has 2 heterocycles. The summed E-state index contributed by atoms with van der Waals surface area (Å²) >= 11 is 1.19. The molecule has 28 heavy (non-hydrogen) atoms. The zero-order valence-electron chi connectivity index (χ0n) is 14.1. The largest absolute Gasteiger partial charge is 0.507 e. The van der Waals surface area contributed by atoms with Gasteiger partial charge in [0.25, 0.3) is 5.69 Å². The molecule has 2 aromatic carbocycles. The number of para-hydroxylation sites is 1. The molecule has 4 aromatic rings. The maximum atomic E-state index is 12.2. The minimum Gasteiger partial charge on any atom is -0.507 e. The van der Waals surface area contributed by atoms with Gasteiger partial charge in [-0.2, -0.15) is 0 Å². The van der Waals surface area contributed by atoms with Gasteiger partial charge >= 0.3 is 5.63 Å². The van der Waals surface area contributed by atoms with Gasteiger partial charge in [-0.3, -0.25) is 10.1 Å². The van der Waals surface area contributed by atoms with Gasteiger partial charge in [0.15, 0.2) is 0 Å². The first kappa shape index (κ1) is 17.6. The lowest BCUT2D eigenvalue weighted by Gasteiger charge is -1.99. The topological polar surface area (TPSA) is 119 Å². The number of non-ortho nitro benzene ring substituents is 1. The van der Waals surface area contributed by atoms with Crippen molar-refractivity contribution in [1.82, 2.24) is 4.98 Å². The van der Waals surface area contributed by atoms with Crippen molar-refractivity contribution in [3.05, 3.63) is 80.0 Å². The molecule has 0 unspecified atom stereocenters. The van der Waals surface area contributed by atoms with Crippen LogP contribution in [0.5, 0.6) is 5.75 Å². The lowest BCUT2D eigenvalue weighted by atomic mass is 10.1. The van der Waals surface area contributed by atoms with E-state index in [0.29, 0.717) is 22.0 Å². The van der Waals surface area contributed by atoms with Gasteiger partial charge in [0.2, 0.25) is 5.13 Å². The first-order valence-corrected chi connectivity index (χ1v) is 8.89. The lowest BCUT2D eigenvalue weighted by Crippen LogP contribution is -2.02. The molecule has 0 amide bonds. The number of phenolic OH excluding ortho intramolecular Hbond substituents is 1. The summed E-state index contributed by atoms with van der Waals surface area (Å²) < 4.78 is 5.31. The summed E-state index contributed by atoms with van der Waals surface area (Å²) in [4.78, 5) is 31.0. The number of nitro groups is 1. The summed E-state index contributed by atoms with van der Waals surface area (Å²) in [7, 11) is 0. The number of aliphatic imine (C=N–C) groups is 1. The minimum absolute atomic E-state index is 0.138. The molecule has 0 spiro atoms. The van der Waals surface area contributed by atoms with Crippen LogP contribution in [-0.2, 0) is 0 Å². The molecular weight excluding hydrogens is 382 g/mol. The summed E-state index contributed by atoms with van der Waals surface area (Å²) in [6, 6.07) is 12.5. The smallest absolute Gasteiger partial charge is 0.345 e. The van der Waals surface area contributed by atoms with E-state index < -0.39 is 10.5 Å². The summed E-state index contributed by atoms with van der Waals surface area (Å²) in [5.41, 5.74) is 0.750. The molecule has 9 heteroatoms. The van der Waals surface area contributed by atoms with Gasteiger partial charge < -0.3 is 9.52 Å². The summed E-state index contributed by atoms with van der Waals surface area (Å²) in [5.74, 6) is -0.138. The Labute approximate surface area is 161 Å². The molecule has 0 aliphatic carbocycles. The van der Waals surface area contributed by atoms with Crippen molar-refractivity contribution >= 4 is 39.3 Å². The van der Waals surface area contributed by atoms with Crippen LogP contribution in [0.2, 0.25) is 0 Å². The molecule has 8 nitrogen and oxygen atoms in total. The Hall–Kier alpha value is -3.85. The van der Waals surface area contributed by atoms with Gasteiger partial charge in [-0.15, -0.1) is 11.3 Å². The second-order valence-electron chi connectivity index (χ2n) is 5.76. The van der Waals surface area contributed by atoms with E-state index in [-0.39, 0.29) is 17.0 Å². The normalized spacial score (nSPS) is 11.3. The van der Waals surface area contributed by atoms with Crippen molar-refractivity contribution < 1.29 is 14.4 Å². The van der Waals surface area contributed by atoms with Crippen LogP contribution in [0.1, 0.15) is 5.56 Å². The number of hydrogen-bond donors (Lipinski definition) is 1. The molecule has 138 valence electrons. The molecule has 0 bridgehead atoms. The van der Waals surface area contributed by atoms with Crippen molar-refractivity contribution in [2.75, 3.05) is 0 Å². The average molecular weight is 393 g/mol. The van der Waals surface area contributed by atoms with Crippen molar-refractivity contribution in [3.8, 4) is 17.0 Å². The van der Waals surface area contributed by atoms with Crippen molar-refractivity contribution in [2.24, 2.45) is 4.99 Å². The van der Waals surface area contributed by atoms with Gasteiger partial charge in [-0.05, 0) is 18.2 Å². The van der Waals surface area contributed by atoms with Gasteiger partial charge in [-0.25, -0.2) is 14.8 Å². The highest BCUT2D eigenvalue weighted by Crippen LogP contribution is 2.28. The molecule has 0 radical (unpaired) electrons. The van der Waals surface area contributed by atoms with Crippen LogP contribution in [0.3, 0.4) is 0 Å². The number of nitrogens with zero attached hydrogens (tertiary/aromatic N) is 3. The number of phenols is 1. The van der Waals surface area contributed by atoms with E-state index in [1.807, 2.05) is 12.1 Å². The minimum atomic E-state index is -0.558. The van der Waals surface area contributed by atoms with E-state index in [1.165, 1.54) is 35.8 Å². The summed E-state index contributed by atoms with van der Waals surface area (Å²) in [6.07, 6.45) is 1.29. The van der Waals surface area contributed by atoms with Crippen LogP contribution < -0.4 is 5.63 Å². The Morgan fingerprint density at radius 1 is 1.21 bits per heavy atom. The zero-order chi connectivity index (χ0) is 19.7. The Bertz CT molecular complexity index is 1290. The maximum Gasteiger partial charge on any atom is 0.345 e. The van der Waals surface area contributed by atoms with E-state index in [1.54, 1.807) is 23.6 Å². The molecule has 4 rings (SSSR count). The van der Waals surface area contributed by atoms with Crippen LogP contribution in [0.4, 0.5) is 10.8 Å². The van der Waals surface area contributed by atoms with Crippen molar-refractivity contribution in [2.45, 2.75) is 0 Å². The van der Waals surface area contributed by atoms with Gasteiger partial charge in [0.05, 0.1) is 16.2 Å². The van der Waals surface area contributed by atoms with Crippen molar-refractivity contribution in [3.63, 3.8) is 0 Å². The van der Waals surface area contributed by atoms with Crippen LogP contribution in [0.25, 0.3) is 22.2 Å². The van der Waals surface area contributed by atoms with E-state index in [0.717, 1.165) is 5.39 Å². The third-order valence-electron chi connectivity index (χ3n) is 3.95. The number of rotatable bonds is 4. The Morgan fingerprint density at radius 2 is 2.04 bits per heavy atom. The zero-order valence-corrected chi connectivity index (χ0v) is 14.9. The third-order valence-corrected chi connectivity index (χ3v) is 4.69. The van der Waals surface area contributed by atoms with E-state index >= 15 is 0 Å². The second-order valence-corrected chi connectivity index (χ2v) is 6.60. The fourth-order valence-electron chi connectivity index (χ4n) is 2.57. The van der Waals surface area contributed by atoms with Gasteiger partial charge in [-0.1, -0.05) is 18.2 Å². The first-order valence-electron chi connectivity index (χ1n) is 8.01. The average Bonchev–Trinajstić information content (AvgIpc) is 3.15. The fraction of sp³-hybridized carbons (Fsp3) is 0. The third kappa shape index (κ3) is 3.38. The number of fused-ring (bicyclic) bond motifs is 1. The second kappa shape index (κ2) is 7.05. The molecule has 0 saturated heterocycles. The van der Waals surface area contributed by atoms with E-state index in [9.17, 15) is 20.0 Å². The highest BCUT2D eigenvalue weighted by Gasteiger charge is 2.12.